The van der Waals surface area contributed by atoms with Crippen molar-refractivity contribution >= 4 is 23.0 Å². The Balaban J connectivity index is 2.13. The molecule has 0 spiro atoms. The van der Waals surface area contributed by atoms with Gasteiger partial charge >= 0.3 is 0 Å². The number of rotatable bonds is 3. The number of hydrogen-bond acceptors (Lipinski definition) is 3. The molecule has 1 heterocycles. The van der Waals surface area contributed by atoms with E-state index in [9.17, 15) is 4.39 Å². The van der Waals surface area contributed by atoms with Crippen molar-refractivity contribution in [1.29, 1.82) is 0 Å². The largest absolute Gasteiger partial charge is 0.397 e. The minimum absolute atomic E-state index is 0.0453. The lowest BCUT2D eigenvalue weighted by atomic mass is 10.2. The van der Waals surface area contributed by atoms with Gasteiger partial charge in [0, 0.05) is 11.8 Å². The first-order chi connectivity index (χ1) is 8.56. The maximum absolute atomic E-state index is 13.1. The summed E-state index contributed by atoms with van der Waals surface area (Å²) in [4.78, 5) is 4.35. The van der Waals surface area contributed by atoms with Gasteiger partial charge in [-0.15, -0.1) is 0 Å². The molecule has 0 aliphatic rings. The highest BCUT2D eigenvalue weighted by atomic mass is 35.5. The van der Waals surface area contributed by atoms with E-state index in [-0.39, 0.29) is 5.02 Å². The first-order valence-corrected chi connectivity index (χ1v) is 5.85. The second kappa shape index (κ2) is 5.23. The summed E-state index contributed by atoms with van der Waals surface area (Å²) in [5.41, 5.74) is 8.46. The maximum atomic E-state index is 13.1. The zero-order chi connectivity index (χ0) is 13.1. The molecule has 2 rings (SSSR count). The molecule has 3 nitrogen and oxygen atoms in total. The molecule has 0 aliphatic carbocycles. The van der Waals surface area contributed by atoms with E-state index in [0.717, 1.165) is 11.4 Å². The topological polar surface area (TPSA) is 50.9 Å². The summed E-state index contributed by atoms with van der Waals surface area (Å²) in [5, 5.41) is 3.13. The lowest BCUT2D eigenvalue weighted by molar-refractivity contribution is 0.629. The molecule has 0 saturated heterocycles. The number of nitrogens with two attached hydrogens (primary N) is 1. The molecule has 1 aromatic heterocycles. The molecular formula is C13H13ClFN3. The molecule has 0 unspecified atom stereocenters. The molecule has 0 aliphatic heterocycles. The van der Waals surface area contributed by atoms with Crippen LogP contribution in [0.4, 0.5) is 15.8 Å². The number of anilines is 2. The van der Waals surface area contributed by atoms with Gasteiger partial charge in [-0.05, 0) is 25.1 Å². The molecule has 0 atom stereocenters. The van der Waals surface area contributed by atoms with Gasteiger partial charge in [0.25, 0.3) is 0 Å². The van der Waals surface area contributed by atoms with Crippen molar-refractivity contribution in [2.24, 2.45) is 0 Å². The lowest BCUT2D eigenvalue weighted by Crippen LogP contribution is -2.05. The van der Waals surface area contributed by atoms with E-state index in [2.05, 4.69) is 10.3 Å². The van der Waals surface area contributed by atoms with Crippen LogP contribution in [0.3, 0.4) is 0 Å². The first kappa shape index (κ1) is 12.6. The van der Waals surface area contributed by atoms with Crippen molar-refractivity contribution in [3.63, 3.8) is 0 Å². The molecule has 18 heavy (non-hydrogen) atoms. The van der Waals surface area contributed by atoms with Crippen LogP contribution in [0, 0.1) is 12.7 Å². The van der Waals surface area contributed by atoms with Crippen LogP contribution in [0.15, 0.2) is 30.3 Å². The Morgan fingerprint density at radius 3 is 2.89 bits per heavy atom. The monoisotopic (exact) mass is 265 g/mol. The average molecular weight is 266 g/mol. The fraction of sp³-hybridized carbons (Fsp3) is 0.154. The summed E-state index contributed by atoms with van der Waals surface area (Å²) in [5.74, 6) is -0.520. The number of nitrogen functional groups attached to an aromatic ring is 1. The Hall–Kier alpha value is -1.81. The third-order valence-corrected chi connectivity index (χ3v) is 2.79. The Kier molecular flexibility index (Phi) is 3.67. The predicted molar refractivity (Wildman–Crippen MR) is 72.1 cm³/mol. The molecule has 94 valence electrons. The van der Waals surface area contributed by atoms with E-state index >= 15 is 0 Å². The van der Waals surface area contributed by atoms with Crippen LogP contribution in [0.2, 0.25) is 5.02 Å². The highest BCUT2D eigenvalue weighted by Gasteiger charge is 2.06. The highest BCUT2D eigenvalue weighted by molar-refractivity contribution is 6.31. The SMILES string of the molecule is Cc1cccc(CNc2cc(Cl)c(F)cc2N)n1. The molecular weight excluding hydrogens is 253 g/mol. The van der Waals surface area contributed by atoms with Crippen LogP contribution in [0.5, 0.6) is 0 Å². The van der Waals surface area contributed by atoms with Gasteiger partial charge in [0.15, 0.2) is 0 Å². The molecule has 3 N–H and O–H groups in total. The molecule has 2 aromatic rings. The van der Waals surface area contributed by atoms with Crippen LogP contribution in [0.25, 0.3) is 0 Å². The summed E-state index contributed by atoms with van der Waals surface area (Å²) in [7, 11) is 0. The Morgan fingerprint density at radius 2 is 2.17 bits per heavy atom. The van der Waals surface area contributed by atoms with Gasteiger partial charge in [-0.1, -0.05) is 17.7 Å². The van der Waals surface area contributed by atoms with Crippen LogP contribution in [-0.4, -0.2) is 4.98 Å². The summed E-state index contributed by atoms with van der Waals surface area (Å²) in [6.45, 7) is 2.43. The molecule has 0 saturated carbocycles. The Morgan fingerprint density at radius 1 is 1.39 bits per heavy atom. The Bertz CT molecular complexity index is 572. The molecule has 0 radical (unpaired) electrons. The van der Waals surface area contributed by atoms with Crippen LogP contribution in [-0.2, 0) is 6.54 Å². The number of aryl methyl sites for hydroxylation is 1. The van der Waals surface area contributed by atoms with E-state index in [0.29, 0.717) is 17.9 Å². The maximum Gasteiger partial charge on any atom is 0.143 e. The van der Waals surface area contributed by atoms with Gasteiger partial charge in [-0.25, -0.2) is 4.39 Å². The number of benzene rings is 1. The minimum Gasteiger partial charge on any atom is -0.397 e. The van der Waals surface area contributed by atoms with Crippen molar-refractivity contribution in [1.82, 2.24) is 4.98 Å². The normalized spacial score (nSPS) is 10.4. The van der Waals surface area contributed by atoms with Crippen LogP contribution in [0.1, 0.15) is 11.4 Å². The zero-order valence-electron chi connectivity index (χ0n) is 9.87. The smallest absolute Gasteiger partial charge is 0.143 e. The van der Waals surface area contributed by atoms with Crippen molar-refractivity contribution in [2.75, 3.05) is 11.1 Å². The second-order valence-corrected chi connectivity index (χ2v) is 4.38. The Labute approximate surface area is 110 Å². The second-order valence-electron chi connectivity index (χ2n) is 3.98. The number of hydrogen-bond donors (Lipinski definition) is 2. The summed E-state index contributed by atoms with van der Waals surface area (Å²) in [6, 6.07) is 8.44. The highest BCUT2D eigenvalue weighted by Crippen LogP contribution is 2.26. The number of halogens is 2. The fourth-order valence-corrected chi connectivity index (χ4v) is 1.76. The average Bonchev–Trinajstić information content (AvgIpc) is 2.32. The molecule has 0 bridgehead atoms. The number of pyridine rings is 1. The van der Waals surface area contributed by atoms with Gasteiger partial charge in [-0.3, -0.25) is 4.98 Å². The summed E-state index contributed by atoms with van der Waals surface area (Å²) < 4.78 is 13.1. The van der Waals surface area contributed by atoms with Gasteiger partial charge in [0.1, 0.15) is 5.82 Å². The fourth-order valence-electron chi connectivity index (χ4n) is 1.60. The summed E-state index contributed by atoms with van der Waals surface area (Å²) in [6.07, 6.45) is 0. The van der Waals surface area contributed by atoms with E-state index in [4.69, 9.17) is 17.3 Å². The lowest BCUT2D eigenvalue weighted by Gasteiger charge is -2.10. The molecule has 0 fully saturated rings. The van der Waals surface area contributed by atoms with Crippen molar-refractivity contribution in [2.45, 2.75) is 13.5 Å². The van der Waals surface area contributed by atoms with Gasteiger partial charge in [0.05, 0.1) is 28.6 Å². The predicted octanol–water partition coefficient (Wildman–Crippen LogP) is 3.38. The van der Waals surface area contributed by atoms with E-state index in [1.54, 1.807) is 0 Å². The quantitative estimate of drug-likeness (QED) is 0.837. The zero-order valence-corrected chi connectivity index (χ0v) is 10.6. The van der Waals surface area contributed by atoms with Gasteiger partial charge < -0.3 is 11.1 Å². The number of nitrogens with zero attached hydrogens (tertiary/aromatic N) is 1. The first-order valence-electron chi connectivity index (χ1n) is 5.47. The van der Waals surface area contributed by atoms with E-state index in [1.807, 2.05) is 25.1 Å². The number of nitrogens with one attached hydrogen (secondary N) is 1. The van der Waals surface area contributed by atoms with Crippen molar-refractivity contribution in [3.05, 3.63) is 52.6 Å². The molecule has 5 heteroatoms. The molecule has 0 amide bonds. The number of aromatic nitrogens is 1. The van der Waals surface area contributed by atoms with E-state index in [1.165, 1.54) is 12.1 Å². The van der Waals surface area contributed by atoms with Crippen LogP contribution >= 0.6 is 11.6 Å². The third kappa shape index (κ3) is 2.90. The minimum atomic E-state index is -0.520. The van der Waals surface area contributed by atoms with Crippen molar-refractivity contribution < 1.29 is 4.39 Å². The standard InChI is InChI=1S/C13H13ClFN3/c1-8-3-2-4-9(18-8)7-17-13-5-10(14)11(15)6-12(13)16/h2-6,17H,7,16H2,1H3. The van der Waals surface area contributed by atoms with Gasteiger partial charge in [0.2, 0.25) is 0 Å². The van der Waals surface area contributed by atoms with E-state index < -0.39 is 5.82 Å². The van der Waals surface area contributed by atoms with Crippen molar-refractivity contribution in [3.8, 4) is 0 Å². The third-order valence-electron chi connectivity index (χ3n) is 2.50. The van der Waals surface area contributed by atoms with Crippen LogP contribution < -0.4 is 11.1 Å². The van der Waals surface area contributed by atoms with Gasteiger partial charge in [-0.2, -0.15) is 0 Å². The summed E-state index contributed by atoms with van der Waals surface area (Å²) >= 11 is 5.71. The molecule has 1 aromatic carbocycles.